The Labute approximate surface area is 237 Å². The highest BCUT2D eigenvalue weighted by atomic mass is 16.3. The average molecular weight is 522 g/mol. The lowest BCUT2D eigenvalue weighted by molar-refractivity contribution is 0.670. The van der Waals surface area contributed by atoms with Gasteiger partial charge in [-0.3, -0.25) is 4.98 Å². The van der Waals surface area contributed by atoms with Crippen LogP contribution in [0.3, 0.4) is 0 Å². The van der Waals surface area contributed by atoms with E-state index in [1.54, 1.807) is 0 Å². The lowest BCUT2D eigenvalue weighted by Gasteiger charge is -2.24. The van der Waals surface area contributed by atoms with Crippen molar-refractivity contribution in [3.8, 4) is 55.6 Å². The third-order valence-electron chi connectivity index (χ3n) is 8.49. The van der Waals surface area contributed by atoms with E-state index in [1.165, 1.54) is 44.5 Å². The molecule has 0 atom stereocenters. The van der Waals surface area contributed by atoms with Crippen LogP contribution in [0.4, 0.5) is 0 Å². The quantitative estimate of drug-likeness (QED) is 0.215. The number of para-hydroxylation sites is 2. The molecule has 0 unspecified atom stereocenters. The number of nitrogens with zero attached hydrogens (tertiary/aromatic N) is 1. The summed E-state index contributed by atoms with van der Waals surface area (Å²) < 4.78 is 6.45. The van der Waals surface area contributed by atoms with Gasteiger partial charge < -0.3 is 4.42 Å². The van der Waals surface area contributed by atoms with E-state index in [0.717, 1.165) is 44.0 Å². The van der Waals surface area contributed by atoms with Gasteiger partial charge in [0.1, 0.15) is 11.2 Å². The molecular weight excluding hydrogens is 498 g/mol. The Morgan fingerprint density at radius 3 is 1.83 bits per heavy atom. The number of hydrogen-bond donors (Lipinski definition) is 0. The van der Waals surface area contributed by atoms with Gasteiger partial charge in [-0.25, -0.2) is 0 Å². The van der Waals surface area contributed by atoms with Gasteiger partial charge in [-0.15, -0.1) is 0 Å². The SMILES string of the molecule is c1ccc2c(c1)-c1ccccc1-c1cc3cccnc3cc1-c1cc(-c3cccc4c3oc3ccccc34)ccc1-2. The van der Waals surface area contributed by atoms with Crippen LogP contribution in [-0.4, -0.2) is 4.98 Å². The summed E-state index contributed by atoms with van der Waals surface area (Å²) in [5.41, 5.74) is 14.8. The maximum Gasteiger partial charge on any atom is 0.143 e. The highest BCUT2D eigenvalue weighted by Crippen LogP contribution is 2.49. The smallest absolute Gasteiger partial charge is 0.143 e. The van der Waals surface area contributed by atoms with E-state index in [4.69, 9.17) is 9.40 Å². The molecule has 41 heavy (non-hydrogen) atoms. The Bertz CT molecular complexity index is 2320. The summed E-state index contributed by atoms with van der Waals surface area (Å²) in [7, 11) is 0. The summed E-state index contributed by atoms with van der Waals surface area (Å²) in [4.78, 5) is 4.75. The molecule has 0 spiro atoms. The minimum absolute atomic E-state index is 0.912. The van der Waals surface area contributed by atoms with Crippen molar-refractivity contribution < 1.29 is 4.42 Å². The second-order valence-electron chi connectivity index (χ2n) is 10.7. The van der Waals surface area contributed by atoms with Gasteiger partial charge in [0.2, 0.25) is 0 Å². The Hall–Kier alpha value is -5.47. The molecule has 9 rings (SSSR count). The van der Waals surface area contributed by atoms with Gasteiger partial charge in [0, 0.05) is 27.9 Å². The monoisotopic (exact) mass is 521 g/mol. The van der Waals surface area contributed by atoms with E-state index < -0.39 is 0 Å². The van der Waals surface area contributed by atoms with Gasteiger partial charge in [0.25, 0.3) is 0 Å². The largest absolute Gasteiger partial charge is 0.455 e. The fourth-order valence-corrected chi connectivity index (χ4v) is 6.62. The molecule has 2 nitrogen and oxygen atoms in total. The lowest BCUT2D eigenvalue weighted by atomic mass is 9.79. The number of benzene rings is 6. The van der Waals surface area contributed by atoms with Crippen molar-refractivity contribution in [2.45, 2.75) is 0 Å². The second kappa shape index (κ2) is 8.51. The molecule has 1 aliphatic rings. The van der Waals surface area contributed by atoms with Crippen LogP contribution >= 0.6 is 0 Å². The summed E-state index contributed by atoms with van der Waals surface area (Å²) in [6, 6.07) is 47.9. The van der Waals surface area contributed by atoms with Crippen molar-refractivity contribution in [1.82, 2.24) is 4.98 Å². The molecule has 1 aliphatic carbocycles. The van der Waals surface area contributed by atoms with Crippen LogP contribution < -0.4 is 0 Å². The number of pyridine rings is 1. The van der Waals surface area contributed by atoms with Gasteiger partial charge in [-0.05, 0) is 80.4 Å². The molecule has 0 aliphatic heterocycles. The molecule has 0 amide bonds. The van der Waals surface area contributed by atoms with Crippen LogP contribution in [0.1, 0.15) is 0 Å². The highest BCUT2D eigenvalue weighted by molar-refractivity contribution is 6.11. The Morgan fingerprint density at radius 2 is 1.02 bits per heavy atom. The second-order valence-corrected chi connectivity index (χ2v) is 10.7. The first-order valence-corrected chi connectivity index (χ1v) is 14.0. The van der Waals surface area contributed by atoms with Crippen LogP contribution in [0.15, 0.2) is 144 Å². The molecule has 0 N–H and O–H groups in total. The molecular formula is C39H23NO. The summed E-state index contributed by atoms with van der Waals surface area (Å²) in [5, 5.41) is 3.42. The van der Waals surface area contributed by atoms with E-state index in [-0.39, 0.29) is 0 Å². The molecule has 0 saturated heterocycles. The molecule has 190 valence electrons. The van der Waals surface area contributed by atoms with Crippen molar-refractivity contribution in [3.05, 3.63) is 140 Å². The number of rotatable bonds is 1. The van der Waals surface area contributed by atoms with E-state index >= 15 is 0 Å². The molecule has 0 radical (unpaired) electrons. The van der Waals surface area contributed by atoms with Crippen LogP contribution in [0.2, 0.25) is 0 Å². The summed E-state index contributed by atoms with van der Waals surface area (Å²) in [6.07, 6.45) is 1.88. The van der Waals surface area contributed by atoms with Crippen molar-refractivity contribution in [1.29, 1.82) is 0 Å². The molecule has 2 heteroatoms. The molecule has 0 bridgehead atoms. The van der Waals surface area contributed by atoms with E-state index in [9.17, 15) is 0 Å². The zero-order valence-electron chi connectivity index (χ0n) is 22.1. The molecule has 2 aromatic heterocycles. The Morgan fingerprint density at radius 1 is 0.415 bits per heavy atom. The lowest BCUT2D eigenvalue weighted by Crippen LogP contribution is -1.98. The molecule has 8 aromatic rings. The van der Waals surface area contributed by atoms with Crippen LogP contribution in [0.5, 0.6) is 0 Å². The van der Waals surface area contributed by atoms with E-state index in [2.05, 4.69) is 115 Å². The number of fused-ring (bicyclic) bond motifs is 12. The van der Waals surface area contributed by atoms with Gasteiger partial charge in [-0.2, -0.15) is 0 Å². The maximum absolute atomic E-state index is 6.45. The zero-order chi connectivity index (χ0) is 26.9. The Balaban J connectivity index is 1.40. The number of hydrogen-bond acceptors (Lipinski definition) is 2. The summed E-state index contributed by atoms with van der Waals surface area (Å²) in [5.74, 6) is 0. The normalized spacial score (nSPS) is 11.9. The maximum atomic E-state index is 6.45. The van der Waals surface area contributed by atoms with E-state index in [0.29, 0.717) is 0 Å². The highest BCUT2D eigenvalue weighted by Gasteiger charge is 2.23. The minimum atomic E-state index is 0.912. The van der Waals surface area contributed by atoms with Gasteiger partial charge >= 0.3 is 0 Å². The molecule has 0 fully saturated rings. The standard InChI is InChI=1S/C39H23NO/c1-2-12-29-27(10-1)28-11-3-4-13-30(28)35-22-25-9-8-20-40-37(25)23-36(35)34-21-24(18-19-31(29)34)26-15-7-16-33-32-14-5-6-17-38(32)41-39(26)33/h1-23H. The summed E-state index contributed by atoms with van der Waals surface area (Å²) in [6.45, 7) is 0. The number of furan rings is 1. The summed E-state index contributed by atoms with van der Waals surface area (Å²) >= 11 is 0. The topological polar surface area (TPSA) is 26.0 Å². The molecule has 2 heterocycles. The third kappa shape index (κ3) is 3.28. The van der Waals surface area contributed by atoms with Crippen molar-refractivity contribution in [2.75, 3.05) is 0 Å². The fraction of sp³-hybridized carbons (Fsp3) is 0. The average Bonchev–Trinajstić information content (AvgIpc) is 3.42. The predicted octanol–water partition coefficient (Wildman–Crippen LogP) is 10.8. The van der Waals surface area contributed by atoms with Crippen molar-refractivity contribution >= 4 is 32.8 Å². The predicted molar refractivity (Wildman–Crippen MR) is 170 cm³/mol. The third-order valence-corrected chi connectivity index (χ3v) is 8.49. The van der Waals surface area contributed by atoms with Crippen molar-refractivity contribution in [2.24, 2.45) is 0 Å². The van der Waals surface area contributed by atoms with Gasteiger partial charge in [0.15, 0.2) is 0 Å². The van der Waals surface area contributed by atoms with Gasteiger partial charge in [-0.1, -0.05) is 103 Å². The molecule has 6 aromatic carbocycles. The van der Waals surface area contributed by atoms with Gasteiger partial charge in [0.05, 0.1) is 5.52 Å². The first-order chi connectivity index (χ1) is 20.3. The van der Waals surface area contributed by atoms with Crippen LogP contribution in [0.25, 0.3) is 88.5 Å². The molecule has 0 saturated carbocycles. The van der Waals surface area contributed by atoms with Crippen LogP contribution in [0, 0.1) is 0 Å². The fourth-order valence-electron chi connectivity index (χ4n) is 6.62. The first-order valence-electron chi connectivity index (χ1n) is 14.0. The number of aromatic nitrogens is 1. The zero-order valence-corrected chi connectivity index (χ0v) is 22.1. The van der Waals surface area contributed by atoms with E-state index in [1.807, 2.05) is 24.4 Å². The first kappa shape index (κ1) is 22.4. The Kier molecular flexibility index (Phi) is 4.64. The van der Waals surface area contributed by atoms with Crippen LogP contribution in [-0.2, 0) is 0 Å². The minimum Gasteiger partial charge on any atom is -0.455 e. The van der Waals surface area contributed by atoms with Crippen molar-refractivity contribution in [3.63, 3.8) is 0 Å².